The van der Waals surface area contributed by atoms with Crippen LogP contribution in [0.2, 0.25) is 0 Å². The van der Waals surface area contributed by atoms with E-state index in [0.717, 1.165) is 34.5 Å². The van der Waals surface area contributed by atoms with E-state index in [2.05, 4.69) is 17.4 Å². The van der Waals surface area contributed by atoms with Crippen LogP contribution in [0.15, 0.2) is 60.7 Å². The first-order chi connectivity index (χ1) is 11.3. The minimum absolute atomic E-state index is 0.0953. The number of benzene rings is 2. The van der Waals surface area contributed by atoms with Crippen LogP contribution in [-0.4, -0.2) is 10.9 Å². The van der Waals surface area contributed by atoms with Gasteiger partial charge in [-0.05, 0) is 18.4 Å². The second-order valence-electron chi connectivity index (χ2n) is 5.69. The third-order valence-corrected chi connectivity index (χ3v) is 4.91. The second-order valence-corrected chi connectivity index (χ2v) is 6.69. The topological polar surface area (TPSA) is 42.0 Å². The molecule has 1 heterocycles. The monoisotopic (exact) mass is 320 g/mol. The predicted molar refractivity (Wildman–Crippen MR) is 94.3 cm³/mol. The Hall–Kier alpha value is -2.46. The molecule has 4 rings (SSSR count). The van der Waals surface area contributed by atoms with Gasteiger partial charge >= 0.3 is 0 Å². The Morgan fingerprint density at radius 2 is 1.57 bits per heavy atom. The molecular weight excluding hydrogens is 304 g/mol. The first kappa shape index (κ1) is 14.2. The molecule has 0 saturated heterocycles. The fraction of sp³-hybridized carbons (Fsp3) is 0.158. The van der Waals surface area contributed by atoms with E-state index in [-0.39, 0.29) is 11.8 Å². The van der Waals surface area contributed by atoms with E-state index in [9.17, 15) is 4.79 Å². The highest BCUT2D eigenvalue weighted by atomic mass is 32.1. The average Bonchev–Trinajstić information content (AvgIpc) is 3.37. The van der Waals surface area contributed by atoms with E-state index in [0.29, 0.717) is 5.13 Å². The lowest BCUT2D eigenvalue weighted by Gasteiger charge is -2.02. The molecule has 0 radical (unpaired) electrons. The summed E-state index contributed by atoms with van der Waals surface area (Å²) in [6.07, 6.45) is 1.99. The van der Waals surface area contributed by atoms with Crippen molar-refractivity contribution in [1.29, 1.82) is 0 Å². The average molecular weight is 320 g/mol. The number of hydrogen-bond donors (Lipinski definition) is 1. The molecule has 0 bridgehead atoms. The Morgan fingerprint density at radius 1 is 0.957 bits per heavy atom. The first-order valence-corrected chi connectivity index (χ1v) is 8.55. The summed E-state index contributed by atoms with van der Waals surface area (Å²) in [7, 11) is 0. The van der Waals surface area contributed by atoms with Crippen molar-refractivity contribution in [2.75, 3.05) is 5.32 Å². The molecule has 1 N–H and O–H groups in total. The molecule has 0 atom stereocenters. The lowest BCUT2D eigenvalue weighted by atomic mass is 10.1. The molecular formula is C19H16N2OS. The fourth-order valence-electron chi connectivity index (χ4n) is 2.50. The summed E-state index contributed by atoms with van der Waals surface area (Å²) >= 11 is 1.54. The van der Waals surface area contributed by atoms with Gasteiger partial charge in [-0.2, -0.15) is 0 Å². The molecule has 0 unspecified atom stereocenters. The van der Waals surface area contributed by atoms with Crippen LogP contribution >= 0.6 is 11.3 Å². The number of anilines is 1. The molecule has 4 heteroatoms. The number of nitrogens with zero attached hydrogens (tertiary/aromatic N) is 1. The Bertz CT molecular complexity index is 766. The Morgan fingerprint density at radius 3 is 2.17 bits per heavy atom. The van der Waals surface area contributed by atoms with Crippen LogP contribution in [-0.2, 0) is 4.79 Å². The van der Waals surface area contributed by atoms with E-state index < -0.39 is 0 Å². The Balaban J connectivity index is 1.76. The summed E-state index contributed by atoms with van der Waals surface area (Å²) < 4.78 is 0. The summed E-state index contributed by atoms with van der Waals surface area (Å²) in [5.74, 6) is 0.275. The highest BCUT2D eigenvalue weighted by molar-refractivity contribution is 7.19. The van der Waals surface area contributed by atoms with Gasteiger partial charge < -0.3 is 5.32 Å². The van der Waals surface area contributed by atoms with Gasteiger partial charge in [-0.3, -0.25) is 4.79 Å². The highest BCUT2D eigenvalue weighted by Crippen LogP contribution is 2.39. The molecule has 3 aromatic rings. The van der Waals surface area contributed by atoms with Crippen molar-refractivity contribution in [2.45, 2.75) is 12.8 Å². The van der Waals surface area contributed by atoms with Gasteiger partial charge in [-0.25, -0.2) is 4.98 Å². The number of aromatic nitrogens is 1. The number of nitrogens with one attached hydrogen (secondary N) is 1. The van der Waals surface area contributed by atoms with Gasteiger partial charge in [0.05, 0.1) is 10.6 Å². The van der Waals surface area contributed by atoms with Crippen LogP contribution < -0.4 is 5.32 Å². The molecule has 1 aliphatic carbocycles. The van der Waals surface area contributed by atoms with Crippen LogP contribution in [0, 0.1) is 5.92 Å². The van der Waals surface area contributed by atoms with Crippen molar-refractivity contribution in [1.82, 2.24) is 4.98 Å². The molecule has 1 saturated carbocycles. The van der Waals surface area contributed by atoms with E-state index in [4.69, 9.17) is 4.98 Å². The van der Waals surface area contributed by atoms with Crippen LogP contribution in [0.5, 0.6) is 0 Å². The number of thiazole rings is 1. The first-order valence-electron chi connectivity index (χ1n) is 7.74. The van der Waals surface area contributed by atoms with E-state index >= 15 is 0 Å². The molecule has 114 valence electrons. The maximum Gasteiger partial charge on any atom is 0.229 e. The molecule has 0 aliphatic heterocycles. The van der Waals surface area contributed by atoms with Crippen LogP contribution in [0.25, 0.3) is 21.7 Å². The molecule has 2 aromatic carbocycles. The molecule has 0 spiro atoms. The van der Waals surface area contributed by atoms with Crippen molar-refractivity contribution < 1.29 is 4.79 Å². The lowest BCUT2D eigenvalue weighted by Crippen LogP contribution is -2.12. The van der Waals surface area contributed by atoms with Gasteiger partial charge in [0, 0.05) is 11.5 Å². The minimum Gasteiger partial charge on any atom is -0.302 e. The number of amides is 1. The van der Waals surface area contributed by atoms with Crippen LogP contribution in [0.4, 0.5) is 5.13 Å². The molecule has 1 amide bonds. The van der Waals surface area contributed by atoms with Crippen molar-refractivity contribution in [2.24, 2.45) is 5.92 Å². The van der Waals surface area contributed by atoms with E-state index in [1.54, 1.807) is 0 Å². The van der Waals surface area contributed by atoms with Crippen molar-refractivity contribution in [3.63, 3.8) is 0 Å². The standard InChI is InChI=1S/C19H16N2OS/c22-18(15-11-12-15)21-19-20-16(13-7-3-1-4-8-13)17(23-19)14-9-5-2-6-10-14/h1-10,15H,11-12H2,(H,20,21,22). The molecule has 3 nitrogen and oxygen atoms in total. The lowest BCUT2D eigenvalue weighted by molar-refractivity contribution is -0.117. The van der Waals surface area contributed by atoms with Crippen LogP contribution in [0.1, 0.15) is 12.8 Å². The minimum atomic E-state index is 0.0953. The van der Waals surface area contributed by atoms with Gasteiger partial charge in [0.15, 0.2) is 5.13 Å². The van der Waals surface area contributed by atoms with Gasteiger partial charge in [0.25, 0.3) is 0 Å². The van der Waals surface area contributed by atoms with Gasteiger partial charge in [-0.1, -0.05) is 72.0 Å². The number of rotatable bonds is 4. The zero-order chi connectivity index (χ0) is 15.6. The third kappa shape index (κ3) is 3.03. The maximum absolute atomic E-state index is 12.0. The quantitative estimate of drug-likeness (QED) is 0.748. The summed E-state index contributed by atoms with van der Waals surface area (Å²) in [6.45, 7) is 0. The molecule has 23 heavy (non-hydrogen) atoms. The number of carbonyl (C=O) groups is 1. The normalized spacial score (nSPS) is 13.7. The van der Waals surface area contributed by atoms with Gasteiger partial charge in [0.2, 0.25) is 5.91 Å². The zero-order valence-electron chi connectivity index (χ0n) is 12.5. The predicted octanol–water partition coefficient (Wildman–Crippen LogP) is 4.83. The third-order valence-electron chi connectivity index (χ3n) is 3.89. The smallest absolute Gasteiger partial charge is 0.229 e. The number of carbonyl (C=O) groups excluding carboxylic acids is 1. The van der Waals surface area contributed by atoms with Crippen molar-refractivity contribution in [3.8, 4) is 21.7 Å². The zero-order valence-corrected chi connectivity index (χ0v) is 13.3. The van der Waals surface area contributed by atoms with Crippen LogP contribution in [0.3, 0.4) is 0 Å². The Labute approximate surface area is 139 Å². The summed E-state index contributed by atoms with van der Waals surface area (Å²) in [5.41, 5.74) is 3.11. The molecule has 1 aromatic heterocycles. The van der Waals surface area contributed by atoms with Crippen molar-refractivity contribution in [3.05, 3.63) is 60.7 Å². The Kier molecular flexibility index (Phi) is 3.67. The fourth-order valence-corrected chi connectivity index (χ4v) is 3.50. The molecule has 1 aliphatic rings. The highest BCUT2D eigenvalue weighted by Gasteiger charge is 2.30. The van der Waals surface area contributed by atoms with Gasteiger partial charge in [-0.15, -0.1) is 0 Å². The van der Waals surface area contributed by atoms with Crippen molar-refractivity contribution >= 4 is 22.4 Å². The largest absolute Gasteiger partial charge is 0.302 e. The van der Waals surface area contributed by atoms with E-state index in [1.807, 2.05) is 48.5 Å². The summed E-state index contributed by atoms with van der Waals surface area (Å²) in [5, 5.41) is 3.65. The SMILES string of the molecule is O=C(Nc1nc(-c2ccccc2)c(-c2ccccc2)s1)C1CC1. The number of hydrogen-bond acceptors (Lipinski definition) is 3. The van der Waals surface area contributed by atoms with Gasteiger partial charge in [0.1, 0.15) is 0 Å². The van der Waals surface area contributed by atoms with E-state index in [1.165, 1.54) is 11.3 Å². The summed E-state index contributed by atoms with van der Waals surface area (Å²) in [4.78, 5) is 17.8. The molecule has 1 fully saturated rings. The second kappa shape index (κ2) is 5.97. The maximum atomic E-state index is 12.0. The summed E-state index contributed by atoms with van der Waals surface area (Å²) in [6, 6.07) is 20.3.